The van der Waals surface area contributed by atoms with Gasteiger partial charge in [0.05, 0.1) is 6.04 Å². The summed E-state index contributed by atoms with van der Waals surface area (Å²) in [6, 6.07) is -3.57. The van der Waals surface area contributed by atoms with Crippen LogP contribution in [0.15, 0.2) is 0 Å². The van der Waals surface area contributed by atoms with Crippen molar-refractivity contribution in [3.63, 3.8) is 0 Å². The molecule has 9 nitrogen and oxygen atoms in total. The molecule has 0 aliphatic heterocycles. The van der Waals surface area contributed by atoms with E-state index in [0.29, 0.717) is 12.2 Å². The van der Waals surface area contributed by atoms with Gasteiger partial charge in [-0.15, -0.1) is 0 Å². The van der Waals surface area contributed by atoms with Gasteiger partial charge < -0.3 is 26.8 Å². The molecular formula is C19H36N4O5S. The van der Waals surface area contributed by atoms with E-state index in [9.17, 15) is 24.3 Å². The van der Waals surface area contributed by atoms with Gasteiger partial charge >= 0.3 is 5.97 Å². The maximum absolute atomic E-state index is 12.8. The Kier molecular flexibility index (Phi) is 12.6. The van der Waals surface area contributed by atoms with Gasteiger partial charge in [-0.3, -0.25) is 14.4 Å². The number of aliphatic carboxylic acids is 1. The largest absolute Gasteiger partial charge is 0.480 e. The number of nitrogens with one attached hydrogen (secondary N) is 3. The number of carboxylic acids is 1. The van der Waals surface area contributed by atoms with E-state index in [1.54, 1.807) is 13.8 Å². The first kappa shape index (κ1) is 27.2. The second kappa shape index (κ2) is 13.4. The fourth-order valence-corrected chi connectivity index (χ4v) is 3.02. The molecule has 0 aromatic rings. The highest BCUT2D eigenvalue weighted by Crippen LogP contribution is 2.09. The summed E-state index contributed by atoms with van der Waals surface area (Å²) < 4.78 is 0. The van der Waals surface area contributed by atoms with Crippen molar-refractivity contribution in [2.45, 2.75) is 71.6 Å². The predicted molar refractivity (Wildman–Crippen MR) is 114 cm³/mol. The third-order valence-corrected chi connectivity index (χ3v) is 4.87. The zero-order valence-electron chi connectivity index (χ0n) is 18.2. The average molecular weight is 433 g/mol. The van der Waals surface area contributed by atoms with Crippen LogP contribution >= 0.6 is 11.8 Å². The Bertz CT molecular complexity index is 569. The molecule has 0 bridgehead atoms. The number of carbonyl (C=O) groups excluding carboxylic acids is 3. The summed E-state index contributed by atoms with van der Waals surface area (Å²) in [5.74, 6) is -2.21. The number of carboxylic acid groups (broad SMARTS) is 1. The first-order chi connectivity index (χ1) is 13.4. The predicted octanol–water partition coefficient (Wildman–Crippen LogP) is 0.328. The molecule has 0 aromatic heterocycles. The molecule has 0 radical (unpaired) electrons. The molecule has 168 valence electrons. The minimum absolute atomic E-state index is 0.0803. The van der Waals surface area contributed by atoms with Crippen molar-refractivity contribution < 1.29 is 24.3 Å². The molecule has 0 saturated heterocycles. The number of rotatable bonds is 13. The van der Waals surface area contributed by atoms with Crippen molar-refractivity contribution in [3.05, 3.63) is 0 Å². The lowest BCUT2D eigenvalue weighted by Gasteiger charge is -2.27. The van der Waals surface area contributed by atoms with E-state index >= 15 is 0 Å². The zero-order chi connectivity index (χ0) is 22.7. The van der Waals surface area contributed by atoms with Crippen LogP contribution in [0.1, 0.15) is 47.5 Å². The quantitative estimate of drug-likeness (QED) is 0.281. The number of carbonyl (C=O) groups is 4. The van der Waals surface area contributed by atoms with Crippen LogP contribution in [0.3, 0.4) is 0 Å². The van der Waals surface area contributed by atoms with Crippen LogP contribution in [0, 0.1) is 11.8 Å². The third kappa shape index (κ3) is 10.5. The molecule has 0 saturated carbocycles. The second-order valence-corrected chi connectivity index (χ2v) is 8.88. The van der Waals surface area contributed by atoms with Gasteiger partial charge in [0, 0.05) is 0 Å². The number of thioether (sulfide) groups is 1. The molecule has 0 aliphatic carbocycles. The van der Waals surface area contributed by atoms with E-state index < -0.39 is 47.9 Å². The summed E-state index contributed by atoms with van der Waals surface area (Å²) in [5.41, 5.74) is 5.56. The third-order valence-electron chi connectivity index (χ3n) is 4.23. The molecule has 4 atom stereocenters. The number of hydrogen-bond acceptors (Lipinski definition) is 6. The Labute approximate surface area is 177 Å². The van der Waals surface area contributed by atoms with E-state index in [2.05, 4.69) is 16.0 Å². The summed E-state index contributed by atoms with van der Waals surface area (Å²) >= 11 is 1.48. The second-order valence-electron chi connectivity index (χ2n) is 7.89. The fourth-order valence-electron chi connectivity index (χ4n) is 2.55. The fraction of sp³-hybridized carbons (Fsp3) is 0.789. The minimum atomic E-state index is -1.12. The lowest BCUT2D eigenvalue weighted by molar-refractivity contribution is -0.142. The first-order valence-electron chi connectivity index (χ1n) is 9.79. The topological polar surface area (TPSA) is 151 Å². The molecule has 10 heteroatoms. The van der Waals surface area contributed by atoms with Crippen LogP contribution in [0.2, 0.25) is 0 Å². The van der Waals surface area contributed by atoms with Gasteiger partial charge in [0.15, 0.2) is 0 Å². The van der Waals surface area contributed by atoms with Crippen molar-refractivity contribution in [2.75, 3.05) is 12.0 Å². The van der Waals surface area contributed by atoms with Gasteiger partial charge in [0.25, 0.3) is 0 Å². The van der Waals surface area contributed by atoms with Crippen LogP contribution in [0.25, 0.3) is 0 Å². The van der Waals surface area contributed by atoms with Crippen molar-refractivity contribution in [2.24, 2.45) is 17.6 Å². The Morgan fingerprint density at radius 1 is 0.897 bits per heavy atom. The van der Waals surface area contributed by atoms with Crippen LogP contribution in [-0.2, 0) is 19.2 Å². The molecule has 0 heterocycles. The maximum atomic E-state index is 12.8. The molecule has 6 N–H and O–H groups in total. The van der Waals surface area contributed by atoms with Crippen LogP contribution in [0.5, 0.6) is 0 Å². The molecule has 0 rings (SSSR count). The molecule has 0 aliphatic rings. The molecular weight excluding hydrogens is 396 g/mol. The summed E-state index contributed by atoms with van der Waals surface area (Å²) in [6.07, 6.45) is 2.47. The highest BCUT2D eigenvalue weighted by atomic mass is 32.2. The van der Waals surface area contributed by atoms with Gasteiger partial charge in [0.2, 0.25) is 17.7 Å². The highest BCUT2D eigenvalue weighted by Gasteiger charge is 2.31. The first-order valence-corrected chi connectivity index (χ1v) is 11.2. The summed E-state index contributed by atoms with van der Waals surface area (Å²) in [7, 11) is 0. The van der Waals surface area contributed by atoms with Gasteiger partial charge in [0.1, 0.15) is 18.1 Å². The van der Waals surface area contributed by atoms with E-state index in [0.717, 1.165) is 0 Å². The van der Waals surface area contributed by atoms with Gasteiger partial charge in [-0.2, -0.15) is 11.8 Å². The standard InChI is InChI=1S/C19H36N4O5S/c1-10(2)9-14(17(25)21-13(19(27)28)7-8-29-6)22-18(26)15(11(3)4)23-16(24)12(5)20/h10-15H,7-9,20H2,1-6H3,(H,21,25)(H,22,26)(H,23,24)(H,27,28). The molecule has 0 fully saturated rings. The molecule has 3 amide bonds. The van der Waals surface area contributed by atoms with E-state index in [4.69, 9.17) is 5.73 Å². The van der Waals surface area contributed by atoms with Gasteiger partial charge in [-0.1, -0.05) is 27.7 Å². The summed E-state index contributed by atoms with van der Waals surface area (Å²) in [6.45, 7) is 8.85. The Morgan fingerprint density at radius 3 is 1.86 bits per heavy atom. The van der Waals surface area contributed by atoms with Crippen LogP contribution < -0.4 is 21.7 Å². The number of nitrogens with two attached hydrogens (primary N) is 1. The normalized spacial score (nSPS) is 15.3. The lowest BCUT2D eigenvalue weighted by atomic mass is 9.99. The maximum Gasteiger partial charge on any atom is 0.326 e. The molecule has 4 unspecified atom stereocenters. The highest BCUT2D eigenvalue weighted by molar-refractivity contribution is 7.98. The van der Waals surface area contributed by atoms with Crippen molar-refractivity contribution in [1.82, 2.24) is 16.0 Å². The summed E-state index contributed by atoms with van der Waals surface area (Å²) in [4.78, 5) is 48.8. The number of amides is 3. The van der Waals surface area contributed by atoms with Gasteiger partial charge in [-0.05, 0) is 43.6 Å². The molecule has 0 aromatic carbocycles. The van der Waals surface area contributed by atoms with Crippen LogP contribution in [-0.4, -0.2) is 65.0 Å². The zero-order valence-corrected chi connectivity index (χ0v) is 19.0. The Hall–Kier alpha value is -1.81. The Balaban J connectivity index is 5.33. The smallest absolute Gasteiger partial charge is 0.326 e. The molecule has 0 spiro atoms. The summed E-state index contributed by atoms with van der Waals surface area (Å²) in [5, 5.41) is 17.1. The van der Waals surface area contributed by atoms with Gasteiger partial charge in [-0.25, -0.2) is 4.79 Å². The van der Waals surface area contributed by atoms with Crippen molar-refractivity contribution in [3.8, 4) is 0 Å². The monoisotopic (exact) mass is 432 g/mol. The lowest BCUT2D eigenvalue weighted by Crippen LogP contribution is -2.58. The SMILES string of the molecule is CSCCC(NC(=O)C(CC(C)C)NC(=O)C(NC(=O)C(C)N)C(C)C)C(=O)O. The van der Waals surface area contributed by atoms with Crippen molar-refractivity contribution in [1.29, 1.82) is 0 Å². The van der Waals surface area contributed by atoms with E-state index in [-0.39, 0.29) is 18.3 Å². The van der Waals surface area contributed by atoms with Crippen LogP contribution in [0.4, 0.5) is 0 Å². The van der Waals surface area contributed by atoms with Crippen molar-refractivity contribution >= 4 is 35.5 Å². The number of hydrogen-bond donors (Lipinski definition) is 5. The molecule has 29 heavy (non-hydrogen) atoms. The van der Waals surface area contributed by atoms with E-state index in [1.807, 2.05) is 20.1 Å². The minimum Gasteiger partial charge on any atom is -0.480 e. The Morgan fingerprint density at radius 2 is 1.45 bits per heavy atom. The van der Waals surface area contributed by atoms with E-state index in [1.165, 1.54) is 18.7 Å². The average Bonchev–Trinajstić information content (AvgIpc) is 2.60.